The number of benzene rings is 1. The molecular weight excluding hydrogens is 170 g/mol. The standard InChI is InChI=1S/C7H10B2O4/c1-5-2-6(9(11)12)4-7(3-5)13-8-10/h2-4,8,10-12H,1H3. The summed E-state index contributed by atoms with van der Waals surface area (Å²) in [5, 5.41) is 26.2. The quantitative estimate of drug-likeness (QED) is 0.485. The van der Waals surface area contributed by atoms with Gasteiger partial charge in [0.25, 0.3) is 0 Å². The van der Waals surface area contributed by atoms with Gasteiger partial charge in [0.1, 0.15) is 0 Å². The Balaban J connectivity index is 2.96. The predicted molar refractivity (Wildman–Crippen MR) is 51.0 cm³/mol. The van der Waals surface area contributed by atoms with Gasteiger partial charge in [0.15, 0.2) is 0 Å². The van der Waals surface area contributed by atoms with Crippen LogP contribution in [0.25, 0.3) is 0 Å². The van der Waals surface area contributed by atoms with Crippen molar-refractivity contribution < 1.29 is 19.7 Å². The van der Waals surface area contributed by atoms with Crippen molar-refractivity contribution in [3.05, 3.63) is 23.8 Å². The molecule has 0 saturated heterocycles. The highest BCUT2D eigenvalue weighted by atomic mass is 16.5. The Kier molecular flexibility index (Phi) is 3.36. The molecule has 13 heavy (non-hydrogen) atoms. The van der Waals surface area contributed by atoms with E-state index < -0.39 is 14.8 Å². The summed E-state index contributed by atoms with van der Waals surface area (Å²) in [6, 6.07) is 4.80. The third-order valence-electron chi connectivity index (χ3n) is 1.60. The first kappa shape index (κ1) is 10.1. The molecule has 0 aliphatic rings. The normalized spacial score (nSPS) is 9.54. The van der Waals surface area contributed by atoms with Gasteiger partial charge >= 0.3 is 14.8 Å². The lowest BCUT2D eigenvalue weighted by atomic mass is 9.79. The average molecular weight is 180 g/mol. The zero-order valence-corrected chi connectivity index (χ0v) is 7.27. The van der Waals surface area contributed by atoms with Gasteiger partial charge in [-0.3, -0.25) is 0 Å². The predicted octanol–water partition coefficient (Wildman–Crippen LogP) is -1.69. The van der Waals surface area contributed by atoms with Gasteiger partial charge in [-0.25, -0.2) is 0 Å². The first-order valence-electron chi connectivity index (χ1n) is 3.85. The summed E-state index contributed by atoms with van der Waals surface area (Å²) in [6.07, 6.45) is 0. The van der Waals surface area contributed by atoms with E-state index in [0.717, 1.165) is 5.56 Å². The highest BCUT2D eigenvalue weighted by Gasteiger charge is 2.12. The van der Waals surface area contributed by atoms with Crippen LogP contribution in [-0.4, -0.2) is 29.9 Å². The van der Waals surface area contributed by atoms with E-state index in [0.29, 0.717) is 11.2 Å². The minimum Gasteiger partial charge on any atom is -0.539 e. The maximum Gasteiger partial charge on any atom is 0.504 e. The zero-order chi connectivity index (χ0) is 9.84. The van der Waals surface area contributed by atoms with E-state index in [4.69, 9.17) is 19.7 Å². The molecule has 0 radical (unpaired) electrons. The molecule has 0 fully saturated rings. The van der Waals surface area contributed by atoms with Crippen LogP contribution >= 0.6 is 0 Å². The molecule has 0 aliphatic carbocycles. The maximum atomic E-state index is 8.88. The molecule has 0 amide bonds. The van der Waals surface area contributed by atoms with Crippen molar-refractivity contribution in [3.8, 4) is 5.75 Å². The van der Waals surface area contributed by atoms with Crippen molar-refractivity contribution >= 4 is 20.3 Å². The maximum absolute atomic E-state index is 8.88. The fourth-order valence-corrected chi connectivity index (χ4v) is 1.08. The minimum absolute atomic E-state index is 0.350. The SMILES string of the molecule is Cc1cc(OBO)cc(B(O)O)c1. The van der Waals surface area contributed by atoms with Crippen LogP contribution in [0, 0.1) is 6.92 Å². The third kappa shape index (κ3) is 2.77. The highest BCUT2D eigenvalue weighted by molar-refractivity contribution is 6.58. The topological polar surface area (TPSA) is 69.9 Å². The van der Waals surface area contributed by atoms with Gasteiger partial charge in [-0.1, -0.05) is 6.07 Å². The molecule has 1 rings (SSSR count). The van der Waals surface area contributed by atoms with Gasteiger partial charge in [0.05, 0.1) is 5.75 Å². The Labute approximate surface area is 77.2 Å². The molecule has 0 aliphatic heterocycles. The van der Waals surface area contributed by atoms with Crippen molar-refractivity contribution in [3.63, 3.8) is 0 Å². The van der Waals surface area contributed by atoms with E-state index in [1.54, 1.807) is 19.1 Å². The number of hydrogen-bond donors (Lipinski definition) is 3. The van der Waals surface area contributed by atoms with Gasteiger partial charge < -0.3 is 19.7 Å². The van der Waals surface area contributed by atoms with Crippen LogP contribution in [0.2, 0.25) is 0 Å². The summed E-state index contributed by atoms with van der Waals surface area (Å²) in [5.74, 6) is 0.422. The van der Waals surface area contributed by atoms with Crippen LogP contribution in [0.15, 0.2) is 18.2 Å². The van der Waals surface area contributed by atoms with Crippen LogP contribution < -0.4 is 10.1 Å². The fourth-order valence-electron chi connectivity index (χ4n) is 1.08. The molecule has 0 unspecified atom stereocenters. The largest absolute Gasteiger partial charge is 0.539 e. The first-order chi connectivity index (χ1) is 6.13. The molecule has 0 saturated carbocycles. The van der Waals surface area contributed by atoms with Crippen LogP contribution in [0.5, 0.6) is 5.75 Å². The molecule has 6 heteroatoms. The molecule has 0 bridgehead atoms. The highest BCUT2D eigenvalue weighted by Crippen LogP contribution is 2.10. The van der Waals surface area contributed by atoms with E-state index in [1.807, 2.05) is 0 Å². The van der Waals surface area contributed by atoms with Crippen LogP contribution in [-0.2, 0) is 0 Å². The second kappa shape index (κ2) is 4.32. The lowest BCUT2D eigenvalue weighted by Crippen LogP contribution is -2.30. The molecule has 0 heterocycles. The van der Waals surface area contributed by atoms with E-state index in [9.17, 15) is 0 Å². The van der Waals surface area contributed by atoms with Crippen LogP contribution in [0.4, 0.5) is 0 Å². The summed E-state index contributed by atoms with van der Waals surface area (Å²) < 4.78 is 4.81. The molecule has 1 aromatic rings. The molecule has 68 valence electrons. The molecule has 0 spiro atoms. The molecule has 3 N–H and O–H groups in total. The Morgan fingerprint density at radius 2 is 2.00 bits per heavy atom. The molecular formula is C7H10B2O4. The van der Waals surface area contributed by atoms with Crippen molar-refractivity contribution in [2.75, 3.05) is 0 Å². The molecule has 4 nitrogen and oxygen atoms in total. The van der Waals surface area contributed by atoms with Crippen LogP contribution in [0.3, 0.4) is 0 Å². The van der Waals surface area contributed by atoms with Crippen LogP contribution in [0.1, 0.15) is 5.56 Å². The van der Waals surface area contributed by atoms with E-state index in [-0.39, 0.29) is 0 Å². The Morgan fingerprint density at radius 1 is 1.31 bits per heavy atom. The van der Waals surface area contributed by atoms with Crippen molar-refractivity contribution in [2.24, 2.45) is 0 Å². The van der Waals surface area contributed by atoms with Gasteiger partial charge in [-0.05, 0) is 30.1 Å². The summed E-state index contributed by atoms with van der Waals surface area (Å²) in [7, 11) is -1.94. The lowest BCUT2D eigenvalue weighted by Gasteiger charge is -2.06. The third-order valence-corrected chi connectivity index (χ3v) is 1.60. The van der Waals surface area contributed by atoms with Gasteiger partial charge in [-0.2, -0.15) is 0 Å². The second-order valence-corrected chi connectivity index (χ2v) is 2.73. The molecule has 0 aromatic heterocycles. The molecule has 1 aromatic carbocycles. The monoisotopic (exact) mass is 180 g/mol. The van der Waals surface area contributed by atoms with Crippen molar-refractivity contribution in [1.29, 1.82) is 0 Å². The summed E-state index contributed by atoms with van der Waals surface area (Å²) in [6.45, 7) is 1.80. The van der Waals surface area contributed by atoms with Crippen molar-refractivity contribution in [2.45, 2.75) is 6.92 Å². The van der Waals surface area contributed by atoms with E-state index in [1.165, 1.54) is 6.07 Å². The fraction of sp³-hybridized carbons (Fsp3) is 0.143. The summed E-state index contributed by atoms with van der Waals surface area (Å²) in [4.78, 5) is 0. The minimum atomic E-state index is -1.51. The first-order valence-corrected chi connectivity index (χ1v) is 3.85. The van der Waals surface area contributed by atoms with Gasteiger partial charge in [0, 0.05) is 0 Å². The Bertz CT molecular complexity index is 290. The average Bonchev–Trinajstić information content (AvgIpc) is 2.03. The Hall–Kier alpha value is -0.970. The summed E-state index contributed by atoms with van der Waals surface area (Å²) in [5.41, 5.74) is 1.19. The zero-order valence-electron chi connectivity index (χ0n) is 7.27. The van der Waals surface area contributed by atoms with Crippen molar-refractivity contribution in [1.82, 2.24) is 0 Å². The second-order valence-electron chi connectivity index (χ2n) is 2.73. The van der Waals surface area contributed by atoms with E-state index >= 15 is 0 Å². The Morgan fingerprint density at radius 3 is 2.54 bits per heavy atom. The smallest absolute Gasteiger partial charge is 0.504 e. The number of rotatable bonds is 3. The summed E-state index contributed by atoms with van der Waals surface area (Å²) >= 11 is 0. The van der Waals surface area contributed by atoms with Gasteiger partial charge in [0.2, 0.25) is 0 Å². The number of hydrogen-bond acceptors (Lipinski definition) is 4. The van der Waals surface area contributed by atoms with Gasteiger partial charge in [-0.15, -0.1) is 0 Å². The lowest BCUT2D eigenvalue weighted by molar-refractivity contribution is 0.424. The van der Waals surface area contributed by atoms with E-state index in [2.05, 4.69) is 0 Å². The molecule has 0 atom stereocenters. The number of aryl methyl sites for hydroxylation is 1.